The van der Waals surface area contributed by atoms with E-state index in [4.69, 9.17) is 11.6 Å². The molecule has 1 aromatic carbocycles. The maximum absolute atomic E-state index is 12.4. The van der Waals surface area contributed by atoms with E-state index in [1.807, 2.05) is 36.1 Å². The van der Waals surface area contributed by atoms with Crippen LogP contribution in [0.5, 0.6) is 0 Å². The van der Waals surface area contributed by atoms with Crippen LogP contribution in [0, 0.1) is 6.92 Å². The van der Waals surface area contributed by atoms with Crippen molar-refractivity contribution in [2.45, 2.75) is 6.92 Å². The minimum absolute atomic E-state index is 0.0481. The number of nitrogens with one attached hydrogen (secondary N) is 1. The van der Waals surface area contributed by atoms with Gasteiger partial charge in [0.25, 0.3) is 5.91 Å². The van der Waals surface area contributed by atoms with Crippen LogP contribution >= 0.6 is 11.6 Å². The lowest BCUT2D eigenvalue weighted by atomic mass is 10.2. The number of benzene rings is 1. The molecule has 0 unspecified atom stereocenters. The highest BCUT2D eigenvalue weighted by Gasteiger charge is 2.24. The molecule has 0 atom stereocenters. The molecular formula is C15H17ClN4O. The number of aryl methyl sites for hydroxylation is 1. The van der Waals surface area contributed by atoms with E-state index in [2.05, 4.69) is 15.1 Å². The fourth-order valence-corrected chi connectivity index (χ4v) is 2.76. The Morgan fingerprint density at radius 1 is 1.29 bits per heavy atom. The summed E-state index contributed by atoms with van der Waals surface area (Å²) in [6.45, 7) is 4.89. The quantitative estimate of drug-likeness (QED) is 0.926. The maximum atomic E-state index is 12.4. The number of amides is 1. The second-order valence-electron chi connectivity index (χ2n) is 5.17. The first-order valence-corrected chi connectivity index (χ1v) is 7.33. The summed E-state index contributed by atoms with van der Waals surface area (Å²) in [6.07, 6.45) is 1.60. The Bertz CT molecular complexity index is 647. The fraction of sp³-hybridized carbons (Fsp3) is 0.333. The predicted molar refractivity (Wildman–Crippen MR) is 82.9 cm³/mol. The summed E-state index contributed by atoms with van der Waals surface area (Å²) in [5.74, 6) is 0.0481. The number of nitrogens with zero attached hydrogens (tertiary/aromatic N) is 3. The highest BCUT2D eigenvalue weighted by atomic mass is 35.5. The van der Waals surface area contributed by atoms with Gasteiger partial charge in [0.2, 0.25) is 0 Å². The molecule has 1 aromatic heterocycles. The standard InChI is InChI=1S/C15H17ClN4O/c1-11-14(10-17-18-11)15(21)20-7-5-19(6-8-20)13-4-2-3-12(16)9-13/h2-4,9-10H,5-8H2,1H3,(H,17,18). The lowest BCUT2D eigenvalue weighted by molar-refractivity contribution is 0.0746. The number of halogens is 1. The molecule has 110 valence electrons. The molecule has 1 aliphatic rings. The van der Waals surface area contributed by atoms with Gasteiger partial charge in [0.05, 0.1) is 11.8 Å². The highest BCUT2D eigenvalue weighted by Crippen LogP contribution is 2.21. The minimum atomic E-state index is 0.0481. The summed E-state index contributed by atoms with van der Waals surface area (Å²) in [4.78, 5) is 16.5. The molecular weight excluding hydrogens is 288 g/mol. The fourth-order valence-electron chi connectivity index (χ4n) is 2.58. The molecule has 0 radical (unpaired) electrons. The van der Waals surface area contributed by atoms with E-state index in [1.54, 1.807) is 6.20 Å². The van der Waals surface area contributed by atoms with Gasteiger partial charge in [0, 0.05) is 42.6 Å². The summed E-state index contributed by atoms with van der Waals surface area (Å²) in [7, 11) is 0. The number of anilines is 1. The monoisotopic (exact) mass is 304 g/mol. The number of carbonyl (C=O) groups excluding carboxylic acids is 1. The third-order valence-electron chi connectivity index (χ3n) is 3.80. The predicted octanol–water partition coefficient (Wildman–Crippen LogP) is 2.33. The van der Waals surface area contributed by atoms with Crippen molar-refractivity contribution in [3.8, 4) is 0 Å². The van der Waals surface area contributed by atoms with Gasteiger partial charge < -0.3 is 9.80 Å². The van der Waals surface area contributed by atoms with Gasteiger partial charge in [-0.25, -0.2) is 0 Å². The van der Waals surface area contributed by atoms with Crippen molar-refractivity contribution < 1.29 is 4.79 Å². The van der Waals surface area contributed by atoms with E-state index < -0.39 is 0 Å². The second kappa shape index (κ2) is 5.77. The molecule has 1 saturated heterocycles. The van der Waals surface area contributed by atoms with Crippen molar-refractivity contribution in [2.75, 3.05) is 31.1 Å². The van der Waals surface area contributed by atoms with Crippen LogP contribution in [0.2, 0.25) is 5.02 Å². The maximum Gasteiger partial charge on any atom is 0.257 e. The first-order valence-electron chi connectivity index (χ1n) is 6.95. The van der Waals surface area contributed by atoms with Crippen LogP contribution in [0.15, 0.2) is 30.5 Å². The van der Waals surface area contributed by atoms with Crippen LogP contribution in [0.3, 0.4) is 0 Å². The van der Waals surface area contributed by atoms with Crippen LogP contribution in [0.4, 0.5) is 5.69 Å². The molecule has 2 heterocycles. The molecule has 1 amide bonds. The Labute approximate surface area is 128 Å². The molecule has 2 aromatic rings. The molecule has 0 saturated carbocycles. The number of rotatable bonds is 2. The molecule has 0 bridgehead atoms. The summed E-state index contributed by atoms with van der Waals surface area (Å²) in [5, 5.41) is 7.46. The Balaban J connectivity index is 1.65. The molecule has 0 spiro atoms. The first kappa shape index (κ1) is 13.9. The molecule has 21 heavy (non-hydrogen) atoms. The summed E-state index contributed by atoms with van der Waals surface area (Å²) < 4.78 is 0. The van der Waals surface area contributed by atoms with E-state index >= 15 is 0 Å². The number of hydrogen-bond acceptors (Lipinski definition) is 3. The zero-order chi connectivity index (χ0) is 14.8. The Morgan fingerprint density at radius 3 is 2.67 bits per heavy atom. The smallest absolute Gasteiger partial charge is 0.257 e. The summed E-state index contributed by atoms with van der Waals surface area (Å²) in [6, 6.07) is 7.82. The van der Waals surface area contributed by atoms with Crippen LogP contribution in [-0.4, -0.2) is 47.2 Å². The third-order valence-corrected chi connectivity index (χ3v) is 4.04. The van der Waals surface area contributed by atoms with E-state index in [-0.39, 0.29) is 5.91 Å². The normalized spacial score (nSPS) is 15.3. The lowest BCUT2D eigenvalue weighted by Crippen LogP contribution is -2.48. The number of H-pyrrole nitrogens is 1. The van der Waals surface area contributed by atoms with Gasteiger partial charge in [-0.15, -0.1) is 0 Å². The average Bonchev–Trinajstić information content (AvgIpc) is 2.93. The molecule has 1 fully saturated rings. The molecule has 6 heteroatoms. The highest BCUT2D eigenvalue weighted by molar-refractivity contribution is 6.30. The van der Waals surface area contributed by atoms with Crippen LogP contribution in [0.25, 0.3) is 0 Å². The molecule has 0 aliphatic carbocycles. The zero-order valence-corrected chi connectivity index (χ0v) is 12.6. The van der Waals surface area contributed by atoms with Gasteiger partial charge in [-0.2, -0.15) is 5.10 Å². The van der Waals surface area contributed by atoms with Crippen molar-refractivity contribution in [1.29, 1.82) is 0 Å². The molecule has 5 nitrogen and oxygen atoms in total. The second-order valence-corrected chi connectivity index (χ2v) is 5.60. The van der Waals surface area contributed by atoms with E-state index in [0.29, 0.717) is 18.7 Å². The summed E-state index contributed by atoms with van der Waals surface area (Å²) >= 11 is 6.03. The number of hydrogen-bond donors (Lipinski definition) is 1. The van der Waals surface area contributed by atoms with Gasteiger partial charge in [-0.3, -0.25) is 9.89 Å². The van der Waals surface area contributed by atoms with Crippen molar-refractivity contribution in [1.82, 2.24) is 15.1 Å². The zero-order valence-electron chi connectivity index (χ0n) is 11.8. The first-order chi connectivity index (χ1) is 10.1. The molecule has 1 aliphatic heterocycles. The topological polar surface area (TPSA) is 52.2 Å². The van der Waals surface area contributed by atoms with Gasteiger partial charge in [0.15, 0.2) is 0 Å². The van der Waals surface area contributed by atoms with Gasteiger partial charge in [-0.1, -0.05) is 17.7 Å². The van der Waals surface area contributed by atoms with E-state index in [1.165, 1.54) is 0 Å². The van der Waals surface area contributed by atoms with Gasteiger partial charge >= 0.3 is 0 Å². The number of aromatic amines is 1. The molecule has 3 rings (SSSR count). The van der Waals surface area contributed by atoms with Crippen molar-refractivity contribution in [2.24, 2.45) is 0 Å². The number of aromatic nitrogens is 2. The van der Waals surface area contributed by atoms with Crippen LogP contribution < -0.4 is 4.90 Å². The van der Waals surface area contributed by atoms with Gasteiger partial charge in [-0.05, 0) is 25.1 Å². The Hall–Kier alpha value is -2.01. The molecule has 1 N–H and O–H groups in total. The van der Waals surface area contributed by atoms with Crippen molar-refractivity contribution in [3.63, 3.8) is 0 Å². The van der Waals surface area contributed by atoms with Crippen molar-refractivity contribution >= 4 is 23.2 Å². The minimum Gasteiger partial charge on any atom is -0.368 e. The summed E-state index contributed by atoms with van der Waals surface area (Å²) in [5.41, 5.74) is 2.58. The van der Waals surface area contributed by atoms with Crippen LogP contribution in [-0.2, 0) is 0 Å². The lowest BCUT2D eigenvalue weighted by Gasteiger charge is -2.36. The number of piperazine rings is 1. The van der Waals surface area contributed by atoms with Crippen molar-refractivity contribution in [3.05, 3.63) is 46.7 Å². The SMILES string of the molecule is Cc1[nH]ncc1C(=O)N1CCN(c2cccc(Cl)c2)CC1. The van der Waals surface area contributed by atoms with E-state index in [0.717, 1.165) is 29.5 Å². The van der Waals surface area contributed by atoms with Crippen LogP contribution in [0.1, 0.15) is 16.1 Å². The Kier molecular flexibility index (Phi) is 3.84. The van der Waals surface area contributed by atoms with Gasteiger partial charge in [0.1, 0.15) is 0 Å². The largest absolute Gasteiger partial charge is 0.368 e. The average molecular weight is 305 g/mol. The number of carbonyl (C=O) groups is 1. The Morgan fingerprint density at radius 2 is 2.05 bits per heavy atom. The third kappa shape index (κ3) is 2.88. The van der Waals surface area contributed by atoms with E-state index in [9.17, 15) is 4.79 Å².